The number of thioether (sulfide) groups is 1. The molecule has 1 aromatic heterocycles. The zero-order chi connectivity index (χ0) is 18.1. The Morgan fingerprint density at radius 2 is 2.52 bits per heavy atom. The van der Waals surface area contributed by atoms with E-state index in [4.69, 9.17) is 0 Å². The van der Waals surface area contributed by atoms with E-state index in [0.717, 1.165) is 54.3 Å². The Morgan fingerprint density at radius 1 is 1.68 bits per heavy atom. The number of aliphatic hydroxyl groups is 1. The Hall–Kier alpha value is -1.36. The number of nitrogens with zero attached hydrogens (tertiary/aromatic N) is 3. The topological polar surface area (TPSA) is 104 Å². The van der Waals surface area contributed by atoms with Crippen molar-refractivity contribution in [1.82, 2.24) is 20.5 Å². The summed E-state index contributed by atoms with van der Waals surface area (Å²) in [5, 5.41) is 28.7. The first-order valence-corrected chi connectivity index (χ1v) is 10.3. The maximum Gasteiger partial charge on any atom is 0.274 e. The van der Waals surface area contributed by atoms with Crippen molar-refractivity contribution in [3.63, 3.8) is 0 Å². The van der Waals surface area contributed by atoms with Gasteiger partial charge in [-0.3, -0.25) is 15.0 Å². The lowest BCUT2D eigenvalue weighted by Gasteiger charge is -2.20. The fourth-order valence-electron chi connectivity index (χ4n) is 2.71. The van der Waals surface area contributed by atoms with Gasteiger partial charge in [-0.15, -0.1) is 11.3 Å². The molecule has 8 nitrogen and oxygen atoms in total. The molecule has 1 fully saturated rings. The minimum absolute atomic E-state index is 0.223. The third-order valence-corrected chi connectivity index (χ3v) is 5.84. The monoisotopic (exact) mass is 387 g/mol. The SMILES string of the molecule is CNC(=C[N+](=O)[O-])NCCSCc1csc(CN2CCCC2CO)n1. The molecule has 25 heavy (non-hydrogen) atoms. The van der Waals surface area contributed by atoms with Crippen LogP contribution in [0, 0.1) is 10.1 Å². The van der Waals surface area contributed by atoms with Crippen LogP contribution in [0.1, 0.15) is 23.5 Å². The van der Waals surface area contributed by atoms with Gasteiger partial charge in [-0.05, 0) is 19.4 Å². The Kier molecular flexibility index (Phi) is 8.45. The van der Waals surface area contributed by atoms with Crippen LogP contribution >= 0.6 is 23.1 Å². The van der Waals surface area contributed by atoms with Gasteiger partial charge >= 0.3 is 0 Å². The summed E-state index contributed by atoms with van der Waals surface area (Å²) in [5.74, 6) is 2.07. The molecule has 1 saturated heterocycles. The Bertz CT molecular complexity index is 581. The van der Waals surface area contributed by atoms with E-state index in [1.54, 1.807) is 30.1 Å². The zero-order valence-electron chi connectivity index (χ0n) is 14.3. The van der Waals surface area contributed by atoms with E-state index >= 15 is 0 Å². The van der Waals surface area contributed by atoms with Gasteiger partial charge in [0, 0.05) is 36.5 Å². The molecule has 1 aliphatic rings. The van der Waals surface area contributed by atoms with Crippen molar-refractivity contribution < 1.29 is 10.0 Å². The summed E-state index contributed by atoms with van der Waals surface area (Å²) in [7, 11) is 1.65. The van der Waals surface area contributed by atoms with Crippen molar-refractivity contribution in [2.24, 2.45) is 0 Å². The first kappa shape index (κ1) is 20.0. The molecular formula is C15H25N5O3S2. The standard InChI is InChI=1S/C15H25N5O3S2/c1-16-14(7-20(22)23)17-4-6-24-10-12-11-25-15(18-12)8-19-5-2-3-13(19)9-21/h7,11,13,16-17,21H,2-6,8-10H2,1H3. The van der Waals surface area contributed by atoms with Gasteiger partial charge in [0.15, 0.2) is 5.82 Å². The first-order chi connectivity index (χ1) is 12.1. The highest BCUT2D eigenvalue weighted by Gasteiger charge is 2.24. The number of hydrogen-bond donors (Lipinski definition) is 3. The molecule has 0 spiro atoms. The lowest BCUT2D eigenvalue weighted by atomic mass is 10.2. The number of hydrogen-bond acceptors (Lipinski definition) is 9. The second-order valence-electron chi connectivity index (χ2n) is 5.74. The van der Waals surface area contributed by atoms with Crippen LogP contribution in [0.2, 0.25) is 0 Å². The molecule has 10 heteroatoms. The normalized spacial score (nSPS) is 18.5. The second kappa shape index (κ2) is 10.6. The number of likely N-dealkylation sites (tertiary alicyclic amines) is 1. The highest BCUT2D eigenvalue weighted by Crippen LogP contribution is 2.22. The second-order valence-corrected chi connectivity index (χ2v) is 7.79. The summed E-state index contributed by atoms with van der Waals surface area (Å²) in [5.41, 5.74) is 1.07. The van der Waals surface area contributed by atoms with Crippen LogP contribution in [0.25, 0.3) is 0 Å². The van der Waals surface area contributed by atoms with Gasteiger partial charge in [-0.1, -0.05) is 0 Å². The highest BCUT2D eigenvalue weighted by atomic mass is 32.2. The van der Waals surface area contributed by atoms with E-state index in [-0.39, 0.29) is 12.6 Å². The molecule has 2 rings (SSSR count). The summed E-state index contributed by atoms with van der Waals surface area (Å²) in [6, 6.07) is 0.279. The van der Waals surface area contributed by atoms with Crippen molar-refractivity contribution in [1.29, 1.82) is 0 Å². The van der Waals surface area contributed by atoms with E-state index in [2.05, 4.69) is 25.9 Å². The summed E-state index contributed by atoms with van der Waals surface area (Å²) >= 11 is 3.41. The Balaban J connectivity index is 1.67. The van der Waals surface area contributed by atoms with Crippen molar-refractivity contribution in [2.75, 3.05) is 32.5 Å². The minimum Gasteiger partial charge on any atom is -0.395 e. The fraction of sp³-hybridized carbons (Fsp3) is 0.667. The Morgan fingerprint density at radius 3 is 3.24 bits per heavy atom. The predicted octanol–water partition coefficient (Wildman–Crippen LogP) is 1.22. The Labute approximate surface area is 155 Å². The molecule has 2 heterocycles. The molecule has 140 valence electrons. The molecule has 1 unspecified atom stereocenters. The lowest BCUT2D eigenvalue weighted by molar-refractivity contribution is -0.404. The smallest absolute Gasteiger partial charge is 0.274 e. The van der Waals surface area contributed by atoms with Gasteiger partial charge in [-0.25, -0.2) is 4.98 Å². The molecule has 0 saturated carbocycles. The van der Waals surface area contributed by atoms with Crippen molar-refractivity contribution in [2.45, 2.75) is 31.2 Å². The third kappa shape index (κ3) is 6.81. The van der Waals surface area contributed by atoms with Gasteiger partial charge in [0.2, 0.25) is 0 Å². The van der Waals surface area contributed by atoms with Crippen molar-refractivity contribution in [3.8, 4) is 0 Å². The predicted molar refractivity (Wildman–Crippen MR) is 101 cm³/mol. The van der Waals surface area contributed by atoms with Crippen LogP contribution in [0.4, 0.5) is 0 Å². The molecule has 1 atom stereocenters. The van der Waals surface area contributed by atoms with Crippen LogP contribution in [0.3, 0.4) is 0 Å². The van der Waals surface area contributed by atoms with Gasteiger partial charge in [0.25, 0.3) is 6.20 Å². The molecular weight excluding hydrogens is 362 g/mol. The maximum absolute atomic E-state index is 10.4. The molecule has 1 aromatic rings. The van der Waals surface area contributed by atoms with Crippen LogP contribution in [0.5, 0.6) is 0 Å². The van der Waals surface area contributed by atoms with Gasteiger partial charge in [0.1, 0.15) is 5.01 Å². The average Bonchev–Trinajstić information content (AvgIpc) is 3.22. The first-order valence-electron chi connectivity index (χ1n) is 8.25. The average molecular weight is 388 g/mol. The number of aromatic nitrogens is 1. The minimum atomic E-state index is -0.482. The van der Waals surface area contributed by atoms with Gasteiger partial charge in [0.05, 0.1) is 23.8 Å². The number of rotatable bonds is 11. The van der Waals surface area contributed by atoms with E-state index < -0.39 is 4.92 Å². The number of thiazole rings is 1. The summed E-state index contributed by atoms with van der Waals surface area (Å²) in [4.78, 5) is 16.9. The van der Waals surface area contributed by atoms with Crippen LogP contribution in [-0.2, 0) is 12.3 Å². The van der Waals surface area contributed by atoms with E-state index in [1.165, 1.54) is 0 Å². The van der Waals surface area contributed by atoms with E-state index in [1.807, 2.05) is 0 Å². The molecule has 0 bridgehead atoms. The maximum atomic E-state index is 10.4. The van der Waals surface area contributed by atoms with Crippen LogP contribution < -0.4 is 10.6 Å². The number of aliphatic hydroxyl groups excluding tert-OH is 1. The van der Waals surface area contributed by atoms with E-state index in [9.17, 15) is 15.2 Å². The summed E-state index contributed by atoms with van der Waals surface area (Å²) < 4.78 is 0. The summed E-state index contributed by atoms with van der Waals surface area (Å²) in [6.45, 7) is 2.72. The summed E-state index contributed by atoms with van der Waals surface area (Å²) in [6.07, 6.45) is 3.14. The zero-order valence-corrected chi connectivity index (χ0v) is 15.9. The van der Waals surface area contributed by atoms with Gasteiger partial charge in [-0.2, -0.15) is 11.8 Å². The highest BCUT2D eigenvalue weighted by molar-refractivity contribution is 7.98. The molecule has 0 aliphatic carbocycles. The lowest BCUT2D eigenvalue weighted by Crippen LogP contribution is -2.31. The van der Waals surface area contributed by atoms with Crippen LogP contribution in [-0.4, -0.2) is 58.5 Å². The molecule has 1 aliphatic heterocycles. The number of nitrogens with one attached hydrogen (secondary N) is 2. The van der Waals surface area contributed by atoms with Crippen LogP contribution in [0.15, 0.2) is 17.4 Å². The van der Waals surface area contributed by atoms with Crippen molar-refractivity contribution >= 4 is 23.1 Å². The molecule has 3 N–H and O–H groups in total. The van der Waals surface area contributed by atoms with Gasteiger partial charge < -0.3 is 15.7 Å². The number of nitro groups is 1. The molecule has 0 aromatic carbocycles. The third-order valence-electron chi connectivity index (χ3n) is 3.96. The fourth-order valence-corrected chi connectivity index (χ4v) is 4.38. The van der Waals surface area contributed by atoms with E-state index in [0.29, 0.717) is 12.4 Å². The molecule has 0 radical (unpaired) electrons. The molecule has 0 amide bonds. The van der Waals surface area contributed by atoms with Crippen molar-refractivity contribution in [3.05, 3.63) is 38.2 Å². The quantitative estimate of drug-likeness (QED) is 0.296. The largest absolute Gasteiger partial charge is 0.395 e.